The number of aromatic nitrogens is 1. The number of hydrogen-bond donors (Lipinski definition) is 2. The van der Waals surface area contributed by atoms with Crippen molar-refractivity contribution in [3.05, 3.63) is 45.4 Å². The van der Waals surface area contributed by atoms with Gasteiger partial charge in [0, 0.05) is 21.5 Å². The highest BCUT2D eigenvalue weighted by molar-refractivity contribution is 14.1. The molecule has 0 aliphatic carbocycles. The normalized spacial score (nSPS) is 10.3. The lowest BCUT2D eigenvalue weighted by molar-refractivity contribution is 0.627. The van der Waals surface area contributed by atoms with Gasteiger partial charge >= 0.3 is 0 Å². The number of hydrogen-bond acceptors (Lipinski definition) is 3. The molecular weight excluding hydrogens is 332 g/mol. The summed E-state index contributed by atoms with van der Waals surface area (Å²) < 4.78 is 13.7. The third-order valence-electron chi connectivity index (χ3n) is 2.34. The van der Waals surface area contributed by atoms with E-state index in [9.17, 15) is 4.39 Å². The first-order chi connectivity index (χ1) is 8.06. The van der Waals surface area contributed by atoms with Gasteiger partial charge in [-0.25, -0.2) is 9.37 Å². The van der Waals surface area contributed by atoms with E-state index in [-0.39, 0.29) is 5.82 Å². The third kappa shape index (κ3) is 2.85. The van der Waals surface area contributed by atoms with Crippen molar-refractivity contribution in [3.63, 3.8) is 0 Å². The molecule has 0 aliphatic heterocycles. The van der Waals surface area contributed by atoms with Crippen LogP contribution in [-0.2, 0) is 0 Å². The van der Waals surface area contributed by atoms with Crippen LogP contribution in [0.3, 0.4) is 0 Å². The summed E-state index contributed by atoms with van der Waals surface area (Å²) in [6, 6.07) is 6.30. The maximum absolute atomic E-state index is 12.9. The molecule has 0 saturated carbocycles. The Morgan fingerprint density at radius 1 is 1.35 bits per heavy atom. The maximum Gasteiger partial charge on any atom is 0.132 e. The first-order valence-corrected chi connectivity index (χ1v) is 6.08. The Morgan fingerprint density at radius 2 is 2.12 bits per heavy atom. The van der Waals surface area contributed by atoms with E-state index in [1.807, 2.05) is 6.92 Å². The van der Waals surface area contributed by atoms with E-state index < -0.39 is 0 Å². The summed E-state index contributed by atoms with van der Waals surface area (Å²) in [6.45, 7) is 1.90. The van der Waals surface area contributed by atoms with Gasteiger partial charge < -0.3 is 11.1 Å². The molecule has 2 rings (SSSR count). The number of nitrogens with one attached hydrogen (secondary N) is 1. The Kier molecular flexibility index (Phi) is 3.46. The van der Waals surface area contributed by atoms with Gasteiger partial charge in [0.1, 0.15) is 11.6 Å². The van der Waals surface area contributed by atoms with Gasteiger partial charge in [-0.05, 0) is 53.3 Å². The molecular formula is C12H11FIN3. The number of pyridine rings is 1. The van der Waals surface area contributed by atoms with Crippen molar-refractivity contribution in [2.75, 3.05) is 11.1 Å². The molecule has 3 nitrogen and oxygen atoms in total. The molecule has 0 radical (unpaired) electrons. The fourth-order valence-electron chi connectivity index (χ4n) is 1.34. The van der Waals surface area contributed by atoms with Crippen LogP contribution in [0.2, 0.25) is 0 Å². The van der Waals surface area contributed by atoms with Gasteiger partial charge in [-0.1, -0.05) is 0 Å². The van der Waals surface area contributed by atoms with Crippen molar-refractivity contribution in [2.24, 2.45) is 0 Å². The number of aryl methyl sites for hydroxylation is 1. The minimum atomic E-state index is -0.253. The first-order valence-electron chi connectivity index (χ1n) is 5.00. The standard InChI is InChI=1S/C12H11FIN3/c1-7-6-16-12(5-10(7)15)17-11-3-2-8(13)4-9(11)14/h2-6H,1H3,(H3,15,16,17). The predicted molar refractivity (Wildman–Crippen MR) is 75.8 cm³/mol. The second kappa shape index (κ2) is 4.87. The van der Waals surface area contributed by atoms with Crippen LogP contribution in [0.15, 0.2) is 30.5 Å². The van der Waals surface area contributed by atoms with Crippen LogP contribution >= 0.6 is 22.6 Å². The fraction of sp³-hybridized carbons (Fsp3) is 0.0833. The average molecular weight is 343 g/mol. The predicted octanol–water partition coefficient (Wildman–Crippen LogP) is 3.46. The van der Waals surface area contributed by atoms with E-state index in [0.29, 0.717) is 11.5 Å². The van der Waals surface area contributed by atoms with Crippen LogP contribution in [0.5, 0.6) is 0 Å². The van der Waals surface area contributed by atoms with Crippen molar-refractivity contribution in [3.8, 4) is 0 Å². The van der Waals surface area contributed by atoms with Gasteiger partial charge in [0.2, 0.25) is 0 Å². The second-order valence-corrected chi connectivity index (χ2v) is 4.84. The summed E-state index contributed by atoms with van der Waals surface area (Å²) in [7, 11) is 0. The van der Waals surface area contributed by atoms with Crippen molar-refractivity contribution in [1.82, 2.24) is 4.98 Å². The zero-order valence-corrected chi connectivity index (χ0v) is 11.3. The zero-order chi connectivity index (χ0) is 12.4. The molecule has 0 spiro atoms. The molecule has 0 fully saturated rings. The summed E-state index contributed by atoms with van der Waals surface area (Å²) >= 11 is 2.07. The number of nitrogens with two attached hydrogens (primary N) is 1. The molecule has 1 aromatic carbocycles. The topological polar surface area (TPSA) is 50.9 Å². The quantitative estimate of drug-likeness (QED) is 0.821. The lowest BCUT2D eigenvalue weighted by Gasteiger charge is -2.09. The summed E-state index contributed by atoms with van der Waals surface area (Å²) in [5.41, 5.74) is 8.22. The molecule has 0 saturated heterocycles. The maximum atomic E-state index is 12.9. The summed E-state index contributed by atoms with van der Waals surface area (Å²) in [4.78, 5) is 4.21. The molecule has 0 aliphatic rings. The lowest BCUT2D eigenvalue weighted by atomic mass is 10.2. The SMILES string of the molecule is Cc1cnc(Nc2ccc(F)cc2I)cc1N. The smallest absolute Gasteiger partial charge is 0.132 e. The Balaban J connectivity index is 2.28. The molecule has 3 N–H and O–H groups in total. The Hall–Kier alpha value is -1.37. The minimum Gasteiger partial charge on any atom is -0.398 e. The van der Waals surface area contributed by atoms with Gasteiger partial charge in [-0.15, -0.1) is 0 Å². The molecule has 0 atom stereocenters. The van der Waals surface area contributed by atoms with Crippen LogP contribution in [0, 0.1) is 16.3 Å². The zero-order valence-electron chi connectivity index (χ0n) is 9.17. The first kappa shape index (κ1) is 12.1. The summed E-state index contributed by atoms with van der Waals surface area (Å²) in [5, 5.41) is 3.10. The van der Waals surface area contributed by atoms with Gasteiger partial charge in [-0.2, -0.15) is 0 Å². The number of anilines is 3. The van der Waals surface area contributed by atoms with E-state index in [4.69, 9.17) is 5.73 Å². The van der Waals surface area contributed by atoms with Gasteiger partial charge in [-0.3, -0.25) is 0 Å². The van der Waals surface area contributed by atoms with E-state index >= 15 is 0 Å². The van der Waals surface area contributed by atoms with Crippen LogP contribution in [-0.4, -0.2) is 4.98 Å². The number of rotatable bonds is 2. The monoisotopic (exact) mass is 343 g/mol. The summed E-state index contributed by atoms with van der Waals surface area (Å²) in [5.74, 6) is 0.397. The highest BCUT2D eigenvalue weighted by Crippen LogP contribution is 2.23. The van der Waals surface area contributed by atoms with Crippen molar-refractivity contribution < 1.29 is 4.39 Å². The van der Waals surface area contributed by atoms with Crippen LogP contribution < -0.4 is 11.1 Å². The highest BCUT2D eigenvalue weighted by atomic mass is 127. The average Bonchev–Trinajstić information content (AvgIpc) is 2.27. The number of nitrogens with zero attached hydrogens (tertiary/aromatic N) is 1. The molecule has 0 amide bonds. The molecule has 2 aromatic rings. The second-order valence-electron chi connectivity index (χ2n) is 3.68. The molecule has 88 valence electrons. The molecule has 5 heteroatoms. The Bertz CT molecular complexity index is 557. The minimum absolute atomic E-state index is 0.253. The number of benzene rings is 1. The van der Waals surface area contributed by atoms with E-state index in [1.165, 1.54) is 12.1 Å². The third-order valence-corrected chi connectivity index (χ3v) is 3.23. The Morgan fingerprint density at radius 3 is 2.76 bits per heavy atom. The summed E-state index contributed by atoms with van der Waals surface area (Å²) in [6.07, 6.45) is 1.70. The molecule has 1 aromatic heterocycles. The molecule has 17 heavy (non-hydrogen) atoms. The largest absolute Gasteiger partial charge is 0.398 e. The van der Waals surface area contributed by atoms with Crippen LogP contribution in [0.4, 0.5) is 21.6 Å². The van der Waals surface area contributed by atoms with Crippen LogP contribution in [0.25, 0.3) is 0 Å². The van der Waals surface area contributed by atoms with E-state index in [2.05, 4.69) is 32.9 Å². The fourth-order valence-corrected chi connectivity index (χ4v) is 1.95. The van der Waals surface area contributed by atoms with E-state index in [1.54, 1.807) is 18.3 Å². The van der Waals surface area contributed by atoms with Crippen molar-refractivity contribution in [2.45, 2.75) is 6.92 Å². The molecule has 0 bridgehead atoms. The van der Waals surface area contributed by atoms with Gasteiger partial charge in [0.15, 0.2) is 0 Å². The number of halogens is 2. The number of nitrogen functional groups attached to an aromatic ring is 1. The molecule has 0 unspecified atom stereocenters. The molecule has 1 heterocycles. The van der Waals surface area contributed by atoms with E-state index in [0.717, 1.165) is 14.8 Å². The van der Waals surface area contributed by atoms with Gasteiger partial charge in [0.05, 0.1) is 5.69 Å². The van der Waals surface area contributed by atoms with Crippen LogP contribution in [0.1, 0.15) is 5.56 Å². The Labute approximate surface area is 112 Å². The van der Waals surface area contributed by atoms with Crippen molar-refractivity contribution in [1.29, 1.82) is 0 Å². The highest BCUT2D eigenvalue weighted by Gasteiger charge is 2.03. The lowest BCUT2D eigenvalue weighted by Crippen LogP contribution is -1.99. The van der Waals surface area contributed by atoms with Gasteiger partial charge in [0.25, 0.3) is 0 Å². The van der Waals surface area contributed by atoms with Crippen molar-refractivity contribution >= 4 is 39.8 Å².